The molecule has 2 saturated heterocycles. The van der Waals surface area contributed by atoms with Gasteiger partial charge in [-0.25, -0.2) is 0 Å². The van der Waals surface area contributed by atoms with Crippen LogP contribution >= 0.6 is 34.8 Å². The Bertz CT molecular complexity index is 1500. The molecule has 0 aromatic heterocycles. The Labute approximate surface area is 256 Å². The van der Waals surface area contributed by atoms with Crippen molar-refractivity contribution in [3.8, 4) is 0 Å². The van der Waals surface area contributed by atoms with Gasteiger partial charge >= 0.3 is 6.18 Å². The Morgan fingerprint density at radius 3 is 1.83 bits per heavy atom. The lowest BCUT2D eigenvalue weighted by molar-refractivity contribution is -0.282. The van der Waals surface area contributed by atoms with Crippen molar-refractivity contribution in [1.29, 1.82) is 0 Å². The molecule has 2 unspecified atom stereocenters. The van der Waals surface area contributed by atoms with Crippen LogP contribution in [0, 0.1) is 0 Å². The van der Waals surface area contributed by atoms with E-state index in [2.05, 4.69) is 34.6 Å². The van der Waals surface area contributed by atoms with E-state index in [1.54, 1.807) is 24.3 Å². The summed E-state index contributed by atoms with van der Waals surface area (Å²) in [5, 5.41) is 11.3. The molecule has 0 saturated carbocycles. The molecule has 0 radical (unpaired) electrons. The van der Waals surface area contributed by atoms with Gasteiger partial charge in [0.1, 0.15) is 5.60 Å². The summed E-state index contributed by atoms with van der Waals surface area (Å²) in [6, 6.07) is 28.7. The first-order valence-corrected chi connectivity index (χ1v) is 14.5. The minimum Gasteiger partial charge on any atom is -0.382 e. The number of nitrogens with zero attached hydrogens (tertiary/aromatic N) is 1. The molecule has 2 aliphatic heterocycles. The van der Waals surface area contributed by atoms with Gasteiger partial charge in [0.15, 0.2) is 0 Å². The molecule has 2 fully saturated rings. The molecule has 4 aromatic rings. The van der Waals surface area contributed by atoms with E-state index in [0.717, 1.165) is 23.3 Å². The van der Waals surface area contributed by atoms with Gasteiger partial charge in [0.2, 0.25) is 5.60 Å². The van der Waals surface area contributed by atoms with Crippen LogP contribution in [-0.2, 0) is 16.0 Å². The zero-order valence-corrected chi connectivity index (χ0v) is 24.4. The van der Waals surface area contributed by atoms with Crippen LogP contribution in [0.15, 0.2) is 97.1 Å². The maximum atomic E-state index is 14.5. The number of hydroxylamine groups is 1. The number of benzene rings is 4. The summed E-state index contributed by atoms with van der Waals surface area (Å²) < 4.78 is 43.4. The molecule has 2 atom stereocenters. The Morgan fingerprint density at radius 2 is 1.33 bits per heavy atom. The van der Waals surface area contributed by atoms with Gasteiger partial charge in [-0.1, -0.05) is 120 Å². The van der Waals surface area contributed by atoms with Crippen LogP contribution in [-0.4, -0.2) is 29.3 Å². The molecule has 2 heterocycles. The van der Waals surface area contributed by atoms with E-state index in [-0.39, 0.29) is 26.7 Å². The first-order chi connectivity index (χ1) is 20.0. The van der Waals surface area contributed by atoms with Gasteiger partial charge in [-0.3, -0.25) is 9.74 Å². The Morgan fingerprint density at radius 1 is 0.810 bits per heavy atom. The lowest BCUT2D eigenvalue weighted by Gasteiger charge is -2.50. The molecular weight excluding hydrogens is 608 g/mol. The van der Waals surface area contributed by atoms with Crippen molar-refractivity contribution in [3.05, 3.63) is 140 Å². The van der Waals surface area contributed by atoms with Gasteiger partial charge in [0, 0.05) is 19.5 Å². The van der Waals surface area contributed by atoms with E-state index >= 15 is 0 Å². The number of nitrogens with one attached hydrogen (secondary N) is 1. The zero-order chi connectivity index (χ0) is 29.7. The fourth-order valence-electron chi connectivity index (χ4n) is 5.93. The van der Waals surface area contributed by atoms with Crippen molar-refractivity contribution in [3.63, 3.8) is 0 Å². The monoisotopic (exact) mass is 632 g/mol. The van der Waals surface area contributed by atoms with Gasteiger partial charge in [-0.15, -0.1) is 0 Å². The number of aliphatic hydroxyl groups is 1. The lowest BCUT2D eigenvalue weighted by atomic mass is 9.81. The fourth-order valence-corrected chi connectivity index (χ4v) is 6.53. The molecule has 0 amide bonds. The van der Waals surface area contributed by atoms with Crippen LogP contribution in [0.1, 0.15) is 46.3 Å². The molecule has 2 N–H and O–H groups in total. The number of hydrogen-bond acceptors (Lipinski definition) is 4. The van der Waals surface area contributed by atoms with E-state index in [0.29, 0.717) is 24.2 Å². The maximum Gasteiger partial charge on any atom is 0.423 e. The van der Waals surface area contributed by atoms with E-state index in [9.17, 15) is 18.3 Å². The zero-order valence-electron chi connectivity index (χ0n) is 22.1. The number of hydrogen-bond donors (Lipinski definition) is 2. The van der Waals surface area contributed by atoms with Crippen LogP contribution in [0.3, 0.4) is 0 Å². The van der Waals surface area contributed by atoms with Gasteiger partial charge < -0.3 is 5.11 Å². The summed E-state index contributed by atoms with van der Waals surface area (Å²) in [5.74, 6) is 0. The average Bonchev–Trinajstić information content (AvgIpc) is 3.43. The minimum atomic E-state index is -4.77. The fraction of sp³-hybridized carbons (Fsp3) is 0.250. The minimum absolute atomic E-state index is 0.0165. The highest BCUT2D eigenvalue weighted by atomic mass is 35.5. The molecule has 218 valence electrons. The predicted octanol–water partition coefficient (Wildman–Crippen LogP) is 8.36. The molecular formula is C32H26Cl3F3N2O2. The molecule has 4 nitrogen and oxygen atoms in total. The third-order valence-corrected chi connectivity index (χ3v) is 9.35. The summed E-state index contributed by atoms with van der Waals surface area (Å²) in [6.45, 7) is 0.807. The van der Waals surface area contributed by atoms with E-state index in [4.69, 9.17) is 39.6 Å². The van der Waals surface area contributed by atoms with Crippen molar-refractivity contribution in [2.24, 2.45) is 0 Å². The first kappa shape index (κ1) is 29.5. The molecule has 0 aliphatic carbocycles. The highest BCUT2D eigenvalue weighted by Crippen LogP contribution is 2.52. The van der Waals surface area contributed by atoms with Gasteiger partial charge in [-0.05, 0) is 39.9 Å². The standard InChI is InChI=1S/C32H26Cl3F3N2O2/c33-25-15-24(16-26(34)28(25)35)31(32(36,37)38)17-27(39-42-31)20-11-13-23(14-12-20)30(41)18-40(19-30)29(21-7-3-1-4-8-21)22-9-5-2-6-10-22/h1-16,27,29,39,41H,17-19H2. The highest BCUT2D eigenvalue weighted by Gasteiger charge is 2.62. The third-order valence-electron chi connectivity index (χ3n) is 8.15. The third kappa shape index (κ3) is 5.22. The summed E-state index contributed by atoms with van der Waals surface area (Å²) >= 11 is 18.1. The lowest BCUT2D eigenvalue weighted by Crippen LogP contribution is -2.60. The number of likely N-dealkylation sites (tertiary alicyclic amines) is 1. The Hall–Kier alpha value is -2.62. The SMILES string of the molecule is OC1(c2ccc(C3CC(c4cc(Cl)c(Cl)c(Cl)c4)(C(F)(F)F)ON3)cc2)CN(C(c2ccccc2)c2ccccc2)C1. The molecule has 0 bridgehead atoms. The second-order valence-electron chi connectivity index (χ2n) is 10.8. The normalized spacial score (nSPS) is 22.3. The Balaban J connectivity index is 1.21. The predicted molar refractivity (Wildman–Crippen MR) is 157 cm³/mol. The number of alkyl halides is 3. The molecule has 0 spiro atoms. The number of halogens is 6. The van der Waals surface area contributed by atoms with E-state index in [1.807, 2.05) is 36.4 Å². The van der Waals surface area contributed by atoms with E-state index in [1.165, 1.54) is 0 Å². The summed E-state index contributed by atoms with van der Waals surface area (Å²) in [4.78, 5) is 7.48. The van der Waals surface area contributed by atoms with E-state index < -0.39 is 29.8 Å². The van der Waals surface area contributed by atoms with Gasteiger partial charge in [0.25, 0.3) is 0 Å². The molecule has 6 rings (SSSR count). The highest BCUT2D eigenvalue weighted by molar-refractivity contribution is 6.48. The maximum absolute atomic E-state index is 14.5. The van der Waals surface area contributed by atoms with Crippen molar-refractivity contribution in [1.82, 2.24) is 10.4 Å². The smallest absolute Gasteiger partial charge is 0.382 e. The van der Waals surface area contributed by atoms with Crippen LogP contribution in [0.2, 0.25) is 15.1 Å². The molecule has 42 heavy (non-hydrogen) atoms. The molecule has 4 aromatic carbocycles. The first-order valence-electron chi connectivity index (χ1n) is 13.3. The number of β-amino-alcohol motifs (C(OH)–C–C–N with tert-alkyl or cyclic N) is 1. The van der Waals surface area contributed by atoms with Gasteiger partial charge in [-0.2, -0.15) is 18.7 Å². The molecule has 2 aliphatic rings. The average molecular weight is 634 g/mol. The quantitative estimate of drug-likeness (QED) is 0.210. The number of rotatable bonds is 6. The summed E-state index contributed by atoms with van der Waals surface area (Å²) in [5.41, 5.74) is 2.09. The largest absolute Gasteiger partial charge is 0.423 e. The van der Waals surface area contributed by atoms with Crippen LogP contribution in [0.4, 0.5) is 13.2 Å². The topological polar surface area (TPSA) is 44.7 Å². The summed E-state index contributed by atoms with van der Waals surface area (Å²) in [7, 11) is 0. The van der Waals surface area contributed by atoms with Crippen molar-refractivity contribution < 1.29 is 23.1 Å². The van der Waals surface area contributed by atoms with Crippen LogP contribution < -0.4 is 5.48 Å². The summed E-state index contributed by atoms with van der Waals surface area (Å²) in [6.07, 6.45) is -5.22. The van der Waals surface area contributed by atoms with Crippen LogP contribution in [0.25, 0.3) is 0 Å². The van der Waals surface area contributed by atoms with Gasteiger partial charge in [0.05, 0.1) is 27.2 Å². The van der Waals surface area contributed by atoms with Crippen molar-refractivity contribution in [2.45, 2.75) is 35.9 Å². The second-order valence-corrected chi connectivity index (χ2v) is 12.0. The van der Waals surface area contributed by atoms with Crippen LogP contribution in [0.5, 0.6) is 0 Å². The Kier molecular flexibility index (Phi) is 7.81. The second kappa shape index (κ2) is 11.1. The van der Waals surface area contributed by atoms with Crippen molar-refractivity contribution in [2.75, 3.05) is 13.1 Å². The van der Waals surface area contributed by atoms with Crippen molar-refractivity contribution >= 4 is 34.8 Å². The molecule has 10 heteroatoms.